The van der Waals surface area contributed by atoms with E-state index in [1.54, 1.807) is 0 Å². The molecule has 9 heteroatoms. The fourth-order valence-corrected chi connectivity index (χ4v) is 5.09. The zero-order valence-electron chi connectivity index (χ0n) is 25.0. The summed E-state index contributed by atoms with van der Waals surface area (Å²) in [5.74, 6) is -0.468. The summed E-state index contributed by atoms with van der Waals surface area (Å²) in [5.41, 5.74) is 9.63. The number of anilines is 1. The van der Waals surface area contributed by atoms with Crippen LogP contribution < -0.4 is 5.73 Å². The second kappa shape index (κ2) is 18.4. The molecule has 1 aliphatic carbocycles. The average molecular weight is 583 g/mol. The third kappa shape index (κ3) is 11.2. The summed E-state index contributed by atoms with van der Waals surface area (Å²) >= 11 is 0. The van der Waals surface area contributed by atoms with E-state index in [4.69, 9.17) is 19.9 Å². The minimum Gasteiger partial charge on any atom is -0.446 e. The van der Waals surface area contributed by atoms with E-state index >= 15 is 0 Å². The number of aromatic nitrogens is 1. The van der Waals surface area contributed by atoms with E-state index in [-0.39, 0.29) is 49.8 Å². The number of nitrogens with zero attached hydrogens (tertiary/aromatic N) is 1. The molecule has 0 unspecified atom stereocenters. The van der Waals surface area contributed by atoms with Gasteiger partial charge in [0.15, 0.2) is 11.6 Å². The van der Waals surface area contributed by atoms with Crippen molar-refractivity contribution in [3.63, 3.8) is 0 Å². The lowest BCUT2D eigenvalue weighted by Crippen LogP contribution is -2.28. The van der Waals surface area contributed by atoms with Crippen molar-refractivity contribution in [2.24, 2.45) is 0 Å². The first-order valence-corrected chi connectivity index (χ1v) is 15.5. The number of Topliss-reactive ketones (excluding diaryl/α,β-unsaturated/α-hetero) is 3. The first-order chi connectivity index (χ1) is 20.4. The maximum atomic E-state index is 12.2. The smallest absolute Gasteiger partial charge is 0.309 e. The van der Waals surface area contributed by atoms with E-state index in [2.05, 4.69) is 30.1 Å². The zero-order chi connectivity index (χ0) is 30.2. The van der Waals surface area contributed by atoms with Crippen molar-refractivity contribution >= 4 is 40.0 Å². The molecule has 1 aliphatic rings. The lowest BCUT2D eigenvalue weighted by molar-refractivity contribution is -0.158. The highest BCUT2D eigenvalue weighted by Crippen LogP contribution is 2.25. The molecule has 1 aromatic carbocycles. The number of fused-ring (bicyclic) bond motifs is 1. The number of pyridine rings is 1. The fourth-order valence-electron chi connectivity index (χ4n) is 5.09. The summed E-state index contributed by atoms with van der Waals surface area (Å²) in [5, 5.41) is 1.20. The van der Waals surface area contributed by atoms with Gasteiger partial charge in [-0.3, -0.25) is 19.2 Å². The number of hydrogen-bond donors (Lipinski definition) is 1. The maximum absolute atomic E-state index is 12.2. The van der Waals surface area contributed by atoms with Gasteiger partial charge in [-0.15, -0.1) is 0 Å². The van der Waals surface area contributed by atoms with Crippen LogP contribution in [0.3, 0.4) is 0 Å². The summed E-state index contributed by atoms with van der Waals surface area (Å²) in [6.07, 6.45) is 9.44. The predicted octanol–water partition coefficient (Wildman–Crippen LogP) is 5.27. The van der Waals surface area contributed by atoms with Gasteiger partial charge in [0.25, 0.3) is 0 Å². The Labute approximate surface area is 248 Å². The molecule has 9 nitrogen and oxygen atoms in total. The summed E-state index contributed by atoms with van der Waals surface area (Å²) in [4.78, 5) is 51.6. The van der Waals surface area contributed by atoms with Crippen LogP contribution in [-0.2, 0) is 46.2 Å². The highest BCUT2D eigenvalue weighted by Gasteiger charge is 2.35. The molecular weight excluding hydrogens is 536 g/mol. The molecule has 3 rings (SSSR count). The molecule has 2 N–H and O–H groups in total. The van der Waals surface area contributed by atoms with Gasteiger partial charge in [0.2, 0.25) is 6.10 Å². The van der Waals surface area contributed by atoms with Gasteiger partial charge in [0.05, 0.1) is 38.4 Å². The number of rotatable bonds is 21. The molecule has 0 saturated heterocycles. The number of ketones is 3. The molecule has 0 aliphatic heterocycles. The van der Waals surface area contributed by atoms with Crippen molar-refractivity contribution in [2.75, 3.05) is 32.2 Å². The molecule has 0 radical (unpaired) electrons. The molecule has 1 fully saturated rings. The SMILES string of the molecule is CCCCCc1cc2c(CCCCCCC(=O)CCOCCOCCC(=O)OC3C(=O)CCC3=O)cccc2nc1N. The van der Waals surface area contributed by atoms with Gasteiger partial charge in [0.1, 0.15) is 11.6 Å². The number of hydrogen-bond acceptors (Lipinski definition) is 9. The third-order valence-corrected chi connectivity index (χ3v) is 7.56. The number of carbonyl (C=O) groups is 4. The van der Waals surface area contributed by atoms with Gasteiger partial charge in [0, 0.05) is 31.1 Å². The summed E-state index contributed by atoms with van der Waals surface area (Å²) < 4.78 is 15.7. The number of carbonyl (C=O) groups excluding carboxylic acids is 4. The summed E-state index contributed by atoms with van der Waals surface area (Å²) in [6.45, 7) is 3.26. The minimum atomic E-state index is -1.24. The first kappa shape index (κ1) is 33.3. The fraction of sp³-hybridized carbons (Fsp3) is 0.606. The highest BCUT2D eigenvalue weighted by molar-refractivity contribution is 6.12. The van der Waals surface area contributed by atoms with Crippen LogP contribution in [0.5, 0.6) is 0 Å². The molecule has 42 heavy (non-hydrogen) atoms. The normalized spacial score (nSPS) is 13.7. The molecule has 1 saturated carbocycles. The van der Waals surface area contributed by atoms with Gasteiger partial charge < -0.3 is 19.9 Å². The Bertz CT molecular complexity index is 1180. The van der Waals surface area contributed by atoms with E-state index in [0.717, 1.165) is 56.0 Å². The Morgan fingerprint density at radius 3 is 2.24 bits per heavy atom. The van der Waals surface area contributed by atoms with Crippen molar-refractivity contribution in [1.29, 1.82) is 0 Å². The molecule has 1 aromatic heterocycles. The van der Waals surface area contributed by atoms with Crippen LogP contribution in [0.4, 0.5) is 5.82 Å². The van der Waals surface area contributed by atoms with Crippen molar-refractivity contribution in [3.8, 4) is 0 Å². The standard InChI is InChI=1S/C33H46N2O7/c1-2-3-6-11-25-23-27-24(12-9-14-28(27)35-33(25)34)10-7-4-5-8-13-26(36)17-19-40-21-22-41-20-18-31(39)42-32-29(37)15-16-30(32)38/h9,12,14,23,32H,2-8,10-11,13,15-22H2,1H3,(H2,34,35). The van der Waals surface area contributed by atoms with Crippen LogP contribution in [-0.4, -0.2) is 60.8 Å². The van der Waals surface area contributed by atoms with Crippen molar-refractivity contribution in [1.82, 2.24) is 4.98 Å². The molecule has 2 aromatic rings. The first-order valence-electron chi connectivity index (χ1n) is 15.5. The molecule has 0 spiro atoms. The lowest BCUT2D eigenvalue weighted by atomic mass is 9.98. The van der Waals surface area contributed by atoms with Crippen LogP contribution in [0.1, 0.15) is 95.1 Å². The topological polar surface area (TPSA) is 135 Å². The van der Waals surface area contributed by atoms with Crippen molar-refractivity contribution in [2.45, 2.75) is 103 Å². The Morgan fingerprint density at radius 1 is 0.833 bits per heavy atom. The van der Waals surface area contributed by atoms with E-state index in [1.807, 2.05) is 6.07 Å². The monoisotopic (exact) mass is 582 g/mol. The highest BCUT2D eigenvalue weighted by atomic mass is 16.6. The van der Waals surface area contributed by atoms with Crippen LogP contribution in [0.25, 0.3) is 10.9 Å². The Hall–Kier alpha value is -3.17. The third-order valence-electron chi connectivity index (χ3n) is 7.56. The second-order valence-electron chi connectivity index (χ2n) is 11.0. The Kier molecular flexibility index (Phi) is 14.6. The largest absolute Gasteiger partial charge is 0.446 e. The van der Waals surface area contributed by atoms with E-state index in [0.29, 0.717) is 31.9 Å². The van der Waals surface area contributed by atoms with E-state index in [1.165, 1.54) is 23.8 Å². The number of aryl methyl sites for hydroxylation is 2. The molecule has 1 heterocycles. The Morgan fingerprint density at radius 2 is 1.50 bits per heavy atom. The number of esters is 1. The van der Waals surface area contributed by atoms with Crippen LogP contribution >= 0.6 is 0 Å². The zero-order valence-corrected chi connectivity index (χ0v) is 25.0. The predicted molar refractivity (Wildman–Crippen MR) is 161 cm³/mol. The number of nitrogen functional groups attached to an aromatic ring is 1. The summed E-state index contributed by atoms with van der Waals surface area (Å²) in [6, 6.07) is 8.50. The van der Waals surface area contributed by atoms with E-state index < -0.39 is 12.1 Å². The Balaban J connectivity index is 1.19. The van der Waals surface area contributed by atoms with Crippen molar-refractivity contribution < 1.29 is 33.4 Å². The van der Waals surface area contributed by atoms with Crippen LogP contribution in [0.15, 0.2) is 24.3 Å². The number of unbranched alkanes of at least 4 members (excludes halogenated alkanes) is 5. The number of nitrogens with two attached hydrogens (primary N) is 1. The molecule has 230 valence electrons. The molecule has 0 bridgehead atoms. The maximum Gasteiger partial charge on any atom is 0.309 e. The molecule has 0 amide bonds. The number of benzene rings is 1. The minimum absolute atomic E-state index is 0.0378. The lowest BCUT2D eigenvalue weighted by Gasteiger charge is -2.11. The quantitative estimate of drug-likeness (QED) is 0.119. The van der Waals surface area contributed by atoms with Gasteiger partial charge in [-0.1, -0.05) is 44.7 Å². The molecule has 0 atom stereocenters. The number of ether oxygens (including phenoxy) is 3. The molecular formula is C33H46N2O7. The van der Waals surface area contributed by atoms with Gasteiger partial charge >= 0.3 is 5.97 Å². The average Bonchev–Trinajstić information content (AvgIpc) is 3.28. The van der Waals surface area contributed by atoms with Crippen molar-refractivity contribution in [3.05, 3.63) is 35.4 Å². The van der Waals surface area contributed by atoms with Gasteiger partial charge in [-0.2, -0.15) is 0 Å². The summed E-state index contributed by atoms with van der Waals surface area (Å²) in [7, 11) is 0. The van der Waals surface area contributed by atoms with Gasteiger partial charge in [-0.05, 0) is 55.4 Å². The van der Waals surface area contributed by atoms with Crippen LogP contribution in [0, 0.1) is 0 Å². The van der Waals surface area contributed by atoms with Crippen LogP contribution in [0.2, 0.25) is 0 Å². The van der Waals surface area contributed by atoms with Gasteiger partial charge in [-0.25, -0.2) is 4.98 Å². The second-order valence-corrected chi connectivity index (χ2v) is 11.0. The van der Waals surface area contributed by atoms with E-state index in [9.17, 15) is 19.2 Å².